The number of thioether (sulfide) groups is 1. The number of hydrogen-bond donors (Lipinski definition) is 0. The van der Waals surface area contributed by atoms with Gasteiger partial charge in [0, 0.05) is 30.7 Å². The van der Waals surface area contributed by atoms with Gasteiger partial charge in [-0.2, -0.15) is 0 Å². The Labute approximate surface area is 179 Å². The van der Waals surface area contributed by atoms with Gasteiger partial charge in [0.05, 0.1) is 12.0 Å². The van der Waals surface area contributed by atoms with Gasteiger partial charge in [-0.1, -0.05) is 0 Å². The first-order valence-electron chi connectivity index (χ1n) is 9.92. The predicted octanol–water partition coefficient (Wildman–Crippen LogP) is 3.53. The Morgan fingerprint density at radius 1 is 1.10 bits per heavy atom. The second-order valence-electron chi connectivity index (χ2n) is 7.21. The summed E-state index contributed by atoms with van der Waals surface area (Å²) in [7, 11) is 1.61. The Morgan fingerprint density at radius 2 is 1.83 bits per heavy atom. The van der Waals surface area contributed by atoms with Gasteiger partial charge in [0.1, 0.15) is 12.3 Å². The maximum absolute atomic E-state index is 12.8. The quantitative estimate of drug-likeness (QED) is 0.686. The molecule has 0 N–H and O–H groups in total. The highest BCUT2D eigenvalue weighted by Crippen LogP contribution is 2.33. The van der Waals surface area contributed by atoms with Gasteiger partial charge in [-0.15, -0.1) is 0 Å². The largest absolute Gasteiger partial charge is 0.497 e. The third-order valence-electron chi connectivity index (χ3n) is 5.29. The fourth-order valence-electron chi connectivity index (χ4n) is 3.64. The monoisotopic (exact) mass is 425 g/mol. The van der Waals surface area contributed by atoms with E-state index in [0.29, 0.717) is 18.0 Å². The first kappa shape index (κ1) is 20.3. The van der Waals surface area contributed by atoms with Crippen LogP contribution in [-0.4, -0.2) is 58.2 Å². The van der Waals surface area contributed by atoms with Crippen LogP contribution in [0.1, 0.15) is 25.0 Å². The Hall–Kier alpha value is -3.00. The molecule has 0 atom stereocenters. The number of piperidine rings is 1. The zero-order valence-corrected chi connectivity index (χ0v) is 17.6. The molecule has 0 bridgehead atoms. The second kappa shape index (κ2) is 8.79. The van der Waals surface area contributed by atoms with E-state index in [1.54, 1.807) is 18.1 Å². The van der Waals surface area contributed by atoms with Crippen molar-refractivity contribution in [3.05, 3.63) is 53.2 Å². The molecule has 0 spiro atoms. The lowest BCUT2D eigenvalue weighted by molar-refractivity contribution is -0.136. The number of amides is 3. The number of hydrogen-bond acceptors (Lipinski definition) is 5. The molecule has 2 fully saturated rings. The number of nitrogens with zero attached hydrogens (tertiary/aromatic N) is 3. The van der Waals surface area contributed by atoms with Crippen molar-refractivity contribution in [2.24, 2.45) is 0 Å². The van der Waals surface area contributed by atoms with E-state index in [9.17, 15) is 14.4 Å². The molecule has 1 aromatic heterocycles. The maximum Gasteiger partial charge on any atom is 0.294 e. The Kier molecular flexibility index (Phi) is 5.94. The fraction of sp³-hybridized carbons (Fsp3) is 0.318. The Balaban J connectivity index is 1.51. The summed E-state index contributed by atoms with van der Waals surface area (Å²) >= 11 is 0.873. The number of ether oxygens (including phenoxy) is 1. The van der Waals surface area contributed by atoms with Crippen LogP contribution in [0, 0.1) is 0 Å². The number of rotatable bonds is 5. The van der Waals surface area contributed by atoms with Crippen LogP contribution in [0.5, 0.6) is 5.75 Å². The summed E-state index contributed by atoms with van der Waals surface area (Å²) in [6.07, 6.45) is 6.63. The van der Waals surface area contributed by atoms with E-state index in [0.717, 1.165) is 53.1 Å². The molecule has 3 amide bonds. The van der Waals surface area contributed by atoms with Gasteiger partial charge >= 0.3 is 0 Å². The number of carbonyl (C=O) groups excluding carboxylic acids is 3. The van der Waals surface area contributed by atoms with Crippen LogP contribution in [-0.2, 0) is 9.59 Å². The normalized spacial score (nSPS) is 18.4. The molecular weight excluding hydrogens is 402 g/mol. The lowest BCUT2D eigenvalue weighted by Gasteiger charge is -2.27. The minimum absolute atomic E-state index is 0.167. The molecule has 2 aliphatic rings. The Bertz CT molecular complexity index is 990. The van der Waals surface area contributed by atoms with E-state index in [1.165, 1.54) is 0 Å². The highest BCUT2D eigenvalue weighted by molar-refractivity contribution is 8.18. The van der Waals surface area contributed by atoms with Crippen LogP contribution < -0.4 is 4.74 Å². The van der Waals surface area contributed by atoms with Crippen LogP contribution in [0.3, 0.4) is 0 Å². The van der Waals surface area contributed by atoms with Gasteiger partial charge in [-0.25, -0.2) is 0 Å². The molecule has 4 rings (SSSR count). The van der Waals surface area contributed by atoms with E-state index in [-0.39, 0.29) is 12.5 Å². The molecule has 1 aromatic carbocycles. The summed E-state index contributed by atoms with van der Waals surface area (Å²) in [5, 5.41) is -0.404. The van der Waals surface area contributed by atoms with Gasteiger partial charge in [0.2, 0.25) is 5.91 Å². The van der Waals surface area contributed by atoms with E-state index >= 15 is 0 Å². The molecule has 7 nitrogen and oxygen atoms in total. The molecular formula is C22H23N3O4S. The van der Waals surface area contributed by atoms with Crippen molar-refractivity contribution in [2.75, 3.05) is 26.7 Å². The summed E-state index contributed by atoms with van der Waals surface area (Å²) in [5.74, 6) is 0.171. The summed E-state index contributed by atoms with van der Waals surface area (Å²) in [6, 6.07) is 11.3. The average molecular weight is 426 g/mol. The van der Waals surface area contributed by atoms with Crippen LogP contribution in [0.4, 0.5) is 4.79 Å². The van der Waals surface area contributed by atoms with E-state index in [4.69, 9.17) is 4.74 Å². The van der Waals surface area contributed by atoms with Crippen molar-refractivity contribution >= 4 is 34.9 Å². The summed E-state index contributed by atoms with van der Waals surface area (Å²) in [5.41, 5.74) is 1.68. The lowest BCUT2D eigenvalue weighted by Crippen LogP contribution is -2.44. The van der Waals surface area contributed by atoms with Gasteiger partial charge in [0.15, 0.2) is 0 Å². The van der Waals surface area contributed by atoms with Gasteiger partial charge in [-0.05, 0) is 73.5 Å². The van der Waals surface area contributed by atoms with Crippen molar-refractivity contribution in [3.8, 4) is 11.4 Å². The molecule has 0 saturated carbocycles. The highest BCUT2D eigenvalue weighted by Gasteiger charge is 2.37. The van der Waals surface area contributed by atoms with Crippen molar-refractivity contribution in [1.29, 1.82) is 0 Å². The van der Waals surface area contributed by atoms with E-state index < -0.39 is 11.1 Å². The summed E-state index contributed by atoms with van der Waals surface area (Å²) in [4.78, 5) is 40.8. The fourth-order valence-corrected chi connectivity index (χ4v) is 4.46. The van der Waals surface area contributed by atoms with Gasteiger partial charge in [0.25, 0.3) is 11.1 Å². The molecule has 30 heavy (non-hydrogen) atoms. The van der Waals surface area contributed by atoms with Crippen LogP contribution >= 0.6 is 11.8 Å². The van der Waals surface area contributed by atoms with Gasteiger partial charge < -0.3 is 14.2 Å². The maximum atomic E-state index is 12.8. The number of methoxy groups -OCH3 is 1. The van der Waals surface area contributed by atoms with Gasteiger partial charge in [-0.3, -0.25) is 19.3 Å². The van der Waals surface area contributed by atoms with Crippen LogP contribution in [0.15, 0.2) is 47.5 Å². The van der Waals surface area contributed by atoms with E-state index in [1.807, 2.05) is 47.2 Å². The first-order valence-corrected chi connectivity index (χ1v) is 10.7. The number of likely N-dealkylation sites (tertiary alicyclic amines) is 1. The first-order chi connectivity index (χ1) is 14.6. The molecule has 0 aliphatic carbocycles. The average Bonchev–Trinajstić information content (AvgIpc) is 3.34. The molecule has 0 unspecified atom stereocenters. The molecule has 0 radical (unpaired) electrons. The summed E-state index contributed by atoms with van der Waals surface area (Å²) < 4.78 is 7.12. The van der Waals surface area contributed by atoms with E-state index in [2.05, 4.69) is 0 Å². The van der Waals surface area contributed by atoms with Crippen molar-refractivity contribution < 1.29 is 19.1 Å². The van der Waals surface area contributed by atoms with Crippen molar-refractivity contribution in [1.82, 2.24) is 14.4 Å². The standard InChI is InChI=1S/C22H23N3O4S/c1-29-18-9-7-16(8-10-18)24-13-5-6-17(24)14-19-21(27)25(22(28)30-19)15-20(26)23-11-3-2-4-12-23/h5-10,13-14H,2-4,11-12,15H2,1H3. The molecule has 156 valence electrons. The molecule has 3 heterocycles. The minimum Gasteiger partial charge on any atom is -0.497 e. The van der Waals surface area contributed by atoms with Crippen molar-refractivity contribution in [2.45, 2.75) is 19.3 Å². The Morgan fingerprint density at radius 3 is 2.53 bits per heavy atom. The number of carbonyl (C=O) groups is 3. The zero-order chi connectivity index (χ0) is 21.1. The zero-order valence-electron chi connectivity index (χ0n) is 16.7. The number of imide groups is 1. The summed E-state index contributed by atoms with van der Waals surface area (Å²) in [6.45, 7) is 1.20. The molecule has 8 heteroatoms. The SMILES string of the molecule is COc1ccc(-n2cccc2C=C2SC(=O)N(CC(=O)N3CCCCC3)C2=O)cc1. The third kappa shape index (κ3) is 4.14. The highest BCUT2D eigenvalue weighted by atomic mass is 32.2. The number of aromatic nitrogens is 1. The second-order valence-corrected chi connectivity index (χ2v) is 8.20. The molecule has 2 saturated heterocycles. The predicted molar refractivity (Wildman–Crippen MR) is 115 cm³/mol. The molecule has 2 aromatic rings. The number of benzene rings is 1. The molecule has 2 aliphatic heterocycles. The van der Waals surface area contributed by atoms with Crippen molar-refractivity contribution in [3.63, 3.8) is 0 Å². The van der Waals surface area contributed by atoms with Crippen LogP contribution in [0.25, 0.3) is 11.8 Å². The topological polar surface area (TPSA) is 71.8 Å². The minimum atomic E-state index is -0.419. The smallest absolute Gasteiger partial charge is 0.294 e. The van der Waals surface area contributed by atoms with Crippen LogP contribution in [0.2, 0.25) is 0 Å². The third-order valence-corrected chi connectivity index (χ3v) is 6.19. The lowest BCUT2D eigenvalue weighted by atomic mass is 10.1.